The van der Waals surface area contributed by atoms with Crippen LogP contribution in [0.3, 0.4) is 0 Å². The first-order chi connectivity index (χ1) is 7.75. The van der Waals surface area contributed by atoms with Gasteiger partial charge in [0.1, 0.15) is 0 Å². The van der Waals surface area contributed by atoms with Crippen LogP contribution in [-0.4, -0.2) is 10.4 Å². The van der Waals surface area contributed by atoms with Crippen LogP contribution in [0.15, 0.2) is 30.5 Å². The van der Waals surface area contributed by atoms with Crippen LogP contribution in [0.5, 0.6) is 0 Å². The van der Waals surface area contributed by atoms with Gasteiger partial charge in [0.2, 0.25) is 0 Å². The molecule has 0 saturated heterocycles. The summed E-state index contributed by atoms with van der Waals surface area (Å²) in [6.07, 6.45) is 4.69. The zero-order valence-corrected chi connectivity index (χ0v) is 9.44. The number of nitrogens with zero attached hydrogens (tertiary/aromatic N) is 1. The van der Waals surface area contributed by atoms with E-state index >= 15 is 0 Å². The van der Waals surface area contributed by atoms with Gasteiger partial charge in [-0.3, -0.25) is 4.79 Å². The van der Waals surface area contributed by atoms with Crippen molar-refractivity contribution in [2.24, 2.45) is 5.92 Å². The van der Waals surface area contributed by atoms with Crippen molar-refractivity contribution in [1.29, 1.82) is 0 Å². The predicted molar refractivity (Wildman–Crippen MR) is 64.7 cm³/mol. The maximum atomic E-state index is 11.6. The Kier molecular flexibility index (Phi) is 2.10. The Morgan fingerprint density at radius 1 is 1.38 bits per heavy atom. The van der Waals surface area contributed by atoms with E-state index in [0.717, 1.165) is 23.4 Å². The molecule has 0 aliphatic heterocycles. The first-order valence-corrected chi connectivity index (χ1v) is 5.84. The number of ketones is 1. The van der Waals surface area contributed by atoms with E-state index in [2.05, 4.69) is 10.6 Å². The Morgan fingerprint density at radius 2 is 2.12 bits per heavy atom. The Bertz CT molecular complexity index is 549. The Balaban J connectivity index is 2.15. The number of rotatable bonds is 3. The molecule has 0 spiro atoms. The largest absolute Gasteiger partial charge is 0.346 e. The molecule has 1 aliphatic carbocycles. The minimum absolute atomic E-state index is 0.158. The summed E-state index contributed by atoms with van der Waals surface area (Å²) in [7, 11) is 0. The van der Waals surface area contributed by atoms with Crippen molar-refractivity contribution >= 4 is 16.7 Å². The summed E-state index contributed by atoms with van der Waals surface area (Å²) in [6, 6.07) is 8.17. The summed E-state index contributed by atoms with van der Waals surface area (Å²) >= 11 is 0. The highest BCUT2D eigenvalue weighted by Crippen LogP contribution is 2.32. The molecule has 1 heterocycles. The number of carbonyl (C=O) groups excluding carboxylic acids is 1. The molecule has 82 valence electrons. The molecule has 0 unspecified atom stereocenters. The van der Waals surface area contributed by atoms with Gasteiger partial charge in [0, 0.05) is 29.2 Å². The topological polar surface area (TPSA) is 22.0 Å². The van der Waals surface area contributed by atoms with Crippen LogP contribution in [-0.2, 0) is 6.54 Å². The fraction of sp³-hybridized carbons (Fsp3) is 0.357. The molecule has 1 aromatic heterocycles. The molecule has 1 aliphatic rings. The monoisotopic (exact) mass is 213 g/mol. The van der Waals surface area contributed by atoms with Crippen molar-refractivity contribution in [2.75, 3.05) is 0 Å². The Morgan fingerprint density at radius 3 is 2.81 bits per heavy atom. The number of aromatic nitrogens is 1. The zero-order valence-electron chi connectivity index (χ0n) is 9.44. The Hall–Kier alpha value is -1.57. The standard InChI is InChI=1S/C14H15NO/c1-10(16)13-9-15(8-11-6-7-11)14-5-3-2-4-12(13)14/h2-5,9,11H,6-8H2,1H3. The lowest BCUT2D eigenvalue weighted by atomic mass is 10.1. The summed E-state index contributed by atoms with van der Waals surface area (Å²) in [4.78, 5) is 11.6. The van der Waals surface area contributed by atoms with Gasteiger partial charge in [0.05, 0.1) is 0 Å². The third kappa shape index (κ3) is 1.54. The first kappa shape index (κ1) is 9.64. The summed E-state index contributed by atoms with van der Waals surface area (Å²) in [6.45, 7) is 2.71. The molecular weight excluding hydrogens is 198 g/mol. The van der Waals surface area contributed by atoms with Crippen LogP contribution in [0.4, 0.5) is 0 Å². The van der Waals surface area contributed by atoms with Gasteiger partial charge in [-0.1, -0.05) is 18.2 Å². The summed E-state index contributed by atoms with van der Waals surface area (Å²) in [5, 5.41) is 1.09. The van der Waals surface area contributed by atoms with Gasteiger partial charge >= 0.3 is 0 Å². The van der Waals surface area contributed by atoms with Crippen molar-refractivity contribution in [3.8, 4) is 0 Å². The van der Waals surface area contributed by atoms with Gasteiger partial charge in [-0.15, -0.1) is 0 Å². The molecule has 2 nitrogen and oxygen atoms in total. The van der Waals surface area contributed by atoms with Crippen LogP contribution < -0.4 is 0 Å². The lowest BCUT2D eigenvalue weighted by Crippen LogP contribution is -1.97. The molecule has 0 radical (unpaired) electrons. The minimum atomic E-state index is 0.158. The second kappa shape index (κ2) is 3.48. The number of hydrogen-bond acceptors (Lipinski definition) is 1. The summed E-state index contributed by atoms with van der Waals surface area (Å²) < 4.78 is 2.24. The van der Waals surface area contributed by atoms with E-state index in [1.807, 2.05) is 24.4 Å². The summed E-state index contributed by atoms with van der Waals surface area (Å²) in [5.41, 5.74) is 2.05. The van der Waals surface area contributed by atoms with Gasteiger partial charge in [-0.2, -0.15) is 0 Å². The average Bonchev–Trinajstić information content (AvgIpc) is 3.00. The zero-order chi connectivity index (χ0) is 11.1. The average molecular weight is 213 g/mol. The summed E-state index contributed by atoms with van der Waals surface area (Å²) in [5.74, 6) is 0.987. The molecule has 0 bridgehead atoms. The van der Waals surface area contributed by atoms with Crippen LogP contribution in [0.1, 0.15) is 30.1 Å². The maximum absolute atomic E-state index is 11.6. The van der Waals surface area contributed by atoms with Crippen molar-refractivity contribution in [3.05, 3.63) is 36.0 Å². The highest BCUT2D eigenvalue weighted by molar-refractivity contribution is 6.06. The highest BCUT2D eigenvalue weighted by Gasteiger charge is 2.23. The van der Waals surface area contributed by atoms with Crippen molar-refractivity contribution < 1.29 is 4.79 Å². The van der Waals surface area contributed by atoms with E-state index in [1.54, 1.807) is 6.92 Å². The molecule has 16 heavy (non-hydrogen) atoms. The molecule has 2 heteroatoms. The van der Waals surface area contributed by atoms with Gasteiger partial charge in [-0.25, -0.2) is 0 Å². The number of carbonyl (C=O) groups is 1. The van der Waals surface area contributed by atoms with E-state index in [-0.39, 0.29) is 5.78 Å². The molecule has 2 aromatic rings. The lowest BCUT2D eigenvalue weighted by Gasteiger charge is -2.02. The van der Waals surface area contributed by atoms with Gasteiger partial charge in [0.25, 0.3) is 0 Å². The van der Waals surface area contributed by atoms with Crippen molar-refractivity contribution in [1.82, 2.24) is 4.57 Å². The third-order valence-electron chi connectivity index (χ3n) is 3.32. The van der Waals surface area contributed by atoms with Gasteiger partial charge in [-0.05, 0) is 31.7 Å². The number of benzene rings is 1. The molecule has 0 amide bonds. The fourth-order valence-corrected chi connectivity index (χ4v) is 2.26. The van der Waals surface area contributed by atoms with Crippen LogP contribution in [0.2, 0.25) is 0 Å². The normalized spacial score (nSPS) is 15.6. The van der Waals surface area contributed by atoms with E-state index < -0.39 is 0 Å². The molecular formula is C14H15NO. The van der Waals surface area contributed by atoms with E-state index in [4.69, 9.17) is 0 Å². The molecule has 1 fully saturated rings. The molecule has 0 atom stereocenters. The maximum Gasteiger partial charge on any atom is 0.161 e. The molecule has 3 rings (SSSR count). The second-order valence-corrected chi connectivity index (χ2v) is 4.71. The van der Waals surface area contributed by atoms with Gasteiger partial charge in [0.15, 0.2) is 5.78 Å². The van der Waals surface area contributed by atoms with Crippen LogP contribution >= 0.6 is 0 Å². The Labute approximate surface area is 94.9 Å². The van der Waals surface area contributed by atoms with Crippen LogP contribution in [0.25, 0.3) is 10.9 Å². The van der Waals surface area contributed by atoms with Crippen molar-refractivity contribution in [2.45, 2.75) is 26.3 Å². The number of Topliss-reactive ketones (excluding diaryl/α,β-unsaturated/α-hetero) is 1. The van der Waals surface area contributed by atoms with Crippen molar-refractivity contribution in [3.63, 3.8) is 0 Å². The second-order valence-electron chi connectivity index (χ2n) is 4.71. The fourth-order valence-electron chi connectivity index (χ4n) is 2.26. The van der Waals surface area contributed by atoms with E-state index in [1.165, 1.54) is 18.4 Å². The number of fused-ring (bicyclic) bond motifs is 1. The van der Waals surface area contributed by atoms with E-state index in [9.17, 15) is 4.79 Å². The lowest BCUT2D eigenvalue weighted by molar-refractivity contribution is 0.101. The molecule has 0 N–H and O–H groups in total. The SMILES string of the molecule is CC(=O)c1cn(CC2CC2)c2ccccc12. The minimum Gasteiger partial charge on any atom is -0.346 e. The first-order valence-electron chi connectivity index (χ1n) is 5.84. The van der Waals surface area contributed by atoms with Crippen LogP contribution in [0, 0.1) is 5.92 Å². The smallest absolute Gasteiger partial charge is 0.161 e. The van der Waals surface area contributed by atoms with Gasteiger partial charge < -0.3 is 4.57 Å². The van der Waals surface area contributed by atoms with E-state index in [0.29, 0.717) is 0 Å². The third-order valence-corrected chi connectivity index (χ3v) is 3.32. The highest BCUT2D eigenvalue weighted by atomic mass is 16.1. The number of hydrogen-bond donors (Lipinski definition) is 0. The molecule has 1 saturated carbocycles. The quantitative estimate of drug-likeness (QED) is 0.717. The molecule has 1 aromatic carbocycles. The number of para-hydroxylation sites is 1. The predicted octanol–water partition coefficient (Wildman–Crippen LogP) is 3.25.